The van der Waals surface area contributed by atoms with Crippen LogP contribution in [0.1, 0.15) is 36.7 Å². The summed E-state index contributed by atoms with van der Waals surface area (Å²) >= 11 is 0. The van der Waals surface area contributed by atoms with Crippen LogP contribution in [0, 0.1) is 13.8 Å². The van der Waals surface area contributed by atoms with Gasteiger partial charge in [-0.25, -0.2) is 0 Å². The number of hydrogen-bond donors (Lipinski definition) is 0. The van der Waals surface area contributed by atoms with Crippen LogP contribution in [-0.4, -0.2) is 38.6 Å². The summed E-state index contributed by atoms with van der Waals surface area (Å²) in [5, 5.41) is 16.1. The Bertz CT molecular complexity index is 864. The van der Waals surface area contributed by atoms with Crippen molar-refractivity contribution in [3.05, 3.63) is 35.1 Å². The minimum atomic E-state index is 0.549. The SMILES string of the molecule is CCCOc1cc(CCCOc2c(C)cc(-c3nnn(C)n3)cc2C)on1. The molecule has 3 rings (SSSR count). The molecule has 8 heteroatoms. The van der Waals surface area contributed by atoms with Gasteiger partial charge in [-0.1, -0.05) is 6.92 Å². The second-order valence-corrected chi connectivity index (χ2v) is 6.47. The Balaban J connectivity index is 1.54. The lowest BCUT2D eigenvalue weighted by molar-refractivity contribution is 0.271. The van der Waals surface area contributed by atoms with Crippen LogP contribution in [-0.2, 0) is 13.5 Å². The van der Waals surface area contributed by atoms with Gasteiger partial charge in [-0.3, -0.25) is 0 Å². The molecule has 0 amide bonds. The number of aryl methyl sites for hydroxylation is 4. The third-order valence-corrected chi connectivity index (χ3v) is 4.03. The molecule has 8 nitrogen and oxygen atoms in total. The van der Waals surface area contributed by atoms with Crippen LogP contribution < -0.4 is 9.47 Å². The molecule has 0 fully saturated rings. The molecular formula is C19H25N5O3. The quantitative estimate of drug-likeness (QED) is 0.533. The van der Waals surface area contributed by atoms with Crippen molar-refractivity contribution in [3.63, 3.8) is 0 Å². The third-order valence-electron chi connectivity index (χ3n) is 4.03. The van der Waals surface area contributed by atoms with Gasteiger partial charge >= 0.3 is 0 Å². The lowest BCUT2D eigenvalue weighted by Crippen LogP contribution is -2.02. The summed E-state index contributed by atoms with van der Waals surface area (Å²) in [7, 11) is 1.75. The number of rotatable bonds is 9. The van der Waals surface area contributed by atoms with Crippen LogP contribution in [0.2, 0.25) is 0 Å². The molecule has 0 unspecified atom stereocenters. The van der Waals surface area contributed by atoms with Gasteiger partial charge in [0, 0.05) is 18.1 Å². The molecule has 2 aromatic heterocycles. The second-order valence-electron chi connectivity index (χ2n) is 6.47. The van der Waals surface area contributed by atoms with Gasteiger partial charge in [-0.15, -0.1) is 10.2 Å². The molecular weight excluding hydrogens is 346 g/mol. The summed E-state index contributed by atoms with van der Waals surface area (Å²) in [4.78, 5) is 1.45. The van der Waals surface area contributed by atoms with Crippen LogP contribution in [0.3, 0.4) is 0 Å². The minimum Gasteiger partial charge on any atom is -0.493 e. The molecule has 0 spiro atoms. The molecule has 2 heterocycles. The zero-order chi connectivity index (χ0) is 19.2. The summed E-state index contributed by atoms with van der Waals surface area (Å²) in [5.41, 5.74) is 3.03. The van der Waals surface area contributed by atoms with E-state index >= 15 is 0 Å². The molecule has 0 saturated carbocycles. The molecule has 0 radical (unpaired) electrons. The molecule has 0 atom stereocenters. The van der Waals surface area contributed by atoms with Crippen molar-refractivity contribution in [1.29, 1.82) is 0 Å². The Morgan fingerprint density at radius 1 is 1.07 bits per heavy atom. The van der Waals surface area contributed by atoms with Gasteiger partial charge in [0.1, 0.15) is 11.5 Å². The normalized spacial score (nSPS) is 11.0. The zero-order valence-electron chi connectivity index (χ0n) is 16.2. The van der Waals surface area contributed by atoms with Crippen molar-refractivity contribution in [3.8, 4) is 23.0 Å². The first kappa shape index (κ1) is 18.9. The molecule has 27 heavy (non-hydrogen) atoms. The van der Waals surface area contributed by atoms with Crippen molar-refractivity contribution in [2.24, 2.45) is 7.05 Å². The largest absolute Gasteiger partial charge is 0.493 e. The van der Waals surface area contributed by atoms with E-state index in [1.165, 1.54) is 4.80 Å². The van der Waals surface area contributed by atoms with Gasteiger partial charge in [-0.05, 0) is 60.3 Å². The van der Waals surface area contributed by atoms with E-state index in [1.807, 2.05) is 32.0 Å². The predicted octanol–water partition coefficient (Wildman–Crippen LogP) is 3.28. The van der Waals surface area contributed by atoms with Crippen LogP contribution in [0.5, 0.6) is 11.6 Å². The summed E-state index contributed by atoms with van der Waals surface area (Å²) in [5.74, 6) is 2.86. The average Bonchev–Trinajstić information content (AvgIpc) is 3.27. The first-order chi connectivity index (χ1) is 13.1. The van der Waals surface area contributed by atoms with Gasteiger partial charge in [0.2, 0.25) is 5.82 Å². The third kappa shape index (κ3) is 4.84. The van der Waals surface area contributed by atoms with Crippen molar-refractivity contribution >= 4 is 0 Å². The van der Waals surface area contributed by atoms with Crippen molar-refractivity contribution in [1.82, 2.24) is 25.4 Å². The summed E-state index contributed by atoms with van der Waals surface area (Å²) in [6.45, 7) is 7.34. The molecule has 0 aliphatic carbocycles. The van der Waals surface area contributed by atoms with E-state index in [9.17, 15) is 0 Å². The highest BCUT2D eigenvalue weighted by Crippen LogP contribution is 2.28. The van der Waals surface area contributed by atoms with Crippen LogP contribution in [0.15, 0.2) is 22.7 Å². The number of benzene rings is 1. The first-order valence-corrected chi connectivity index (χ1v) is 9.13. The maximum Gasteiger partial charge on any atom is 0.254 e. The lowest BCUT2D eigenvalue weighted by Gasteiger charge is -2.13. The fraction of sp³-hybridized carbons (Fsp3) is 0.474. The fourth-order valence-corrected chi connectivity index (χ4v) is 2.81. The van der Waals surface area contributed by atoms with Crippen LogP contribution in [0.25, 0.3) is 11.4 Å². The number of tetrazole rings is 1. The highest BCUT2D eigenvalue weighted by atomic mass is 16.5. The molecule has 144 valence electrons. The zero-order valence-corrected chi connectivity index (χ0v) is 16.2. The van der Waals surface area contributed by atoms with Crippen molar-refractivity contribution in [2.75, 3.05) is 13.2 Å². The van der Waals surface area contributed by atoms with Gasteiger partial charge in [0.15, 0.2) is 0 Å². The molecule has 1 aromatic carbocycles. The molecule has 0 saturated heterocycles. The number of aromatic nitrogens is 5. The lowest BCUT2D eigenvalue weighted by atomic mass is 10.1. The Kier molecular flexibility index (Phi) is 6.05. The maximum atomic E-state index is 6.00. The molecule has 0 bridgehead atoms. The summed E-state index contributed by atoms with van der Waals surface area (Å²) < 4.78 is 16.7. The van der Waals surface area contributed by atoms with E-state index < -0.39 is 0 Å². The Morgan fingerprint density at radius 2 is 1.85 bits per heavy atom. The van der Waals surface area contributed by atoms with Crippen molar-refractivity contribution < 1.29 is 14.0 Å². The standard InChI is InChI=1S/C19H25N5O3/c1-5-8-25-17-12-16(27-22-17)7-6-9-26-18-13(2)10-15(11-14(18)3)19-20-23-24(4)21-19/h10-12H,5-9H2,1-4H3. The molecule has 0 N–H and O–H groups in total. The van der Waals surface area contributed by atoms with E-state index in [0.717, 1.165) is 47.5 Å². The number of ether oxygens (including phenoxy) is 2. The number of nitrogens with zero attached hydrogens (tertiary/aromatic N) is 5. The van der Waals surface area contributed by atoms with Gasteiger partial charge in [0.05, 0.1) is 20.3 Å². The highest BCUT2D eigenvalue weighted by Gasteiger charge is 2.11. The highest BCUT2D eigenvalue weighted by molar-refractivity contribution is 5.60. The maximum absolute atomic E-state index is 6.00. The van der Waals surface area contributed by atoms with E-state index in [0.29, 0.717) is 24.9 Å². The summed E-state index contributed by atoms with van der Waals surface area (Å²) in [6.07, 6.45) is 2.53. The monoisotopic (exact) mass is 371 g/mol. The summed E-state index contributed by atoms with van der Waals surface area (Å²) in [6, 6.07) is 5.88. The van der Waals surface area contributed by atoms with Gasteiger partial charge in [0.25, 0.3) is 5.88 Å². The Labute approximate surface area is 158 Å². The van der Waals surface area contributed by atoms with Gasteiger partial charge < -0.3 is 14.0 Å². The molecule has 3 aromatic rings. The second kappa shape index (κ2) is 8.66. The Morgan fingerprint density at radius 3 is 2.52 bits per heavy atom. The van der Waals surface area contributed by atoms with Crippen LogP contribution in [0.4, 0.5) is 0 Å². The molecule has 0 aliphatic rings. The van der Waals surface area contributed by atoms with Crippen LogP contribution >= 0.6 is 0 Å². The number of hydrogen-bond acceptors (Lipinski definition) is 7. The minimum absolute atomic E-state index is 0.549. The van der Waals surface area contributed by atoms with E-state index in [-0.39, 0.29) is 0 Å². The average molecular weight is 371 g/mol. The fourth-order valence-electron chi connectivity index (χ4n) is 2.81. The Hall–Kier alpha value is -2.90. The van der Waals surface area contributed by atoms with Gasteiger partial charge in [-0.2, -0.15) is 4.80 Å². The van der Waals surface area contributed by atoms with Crippen molar-refractivity contribution in [2.45, 2.75) is 40.0 Å². The predicted molar refractivity (Wildman–Crippen MR) is 99.8 cm³/mol. The topological polar surface area (TPSA) is 88.1 Å². The van der Waals surface area contributed by atoms with E-state index in [1.54, 1.807) is 7.05 Å². The molecule has 0 aliphatic heterocycles. The van der Waals surface area contributed by atoms with E-state index in [4.69, 9.17) is 14.0 Å². The smallest absolute Gasteiger partial charge is 0.254 e. The first-order valence-electron chi connectivity index (χ1n) is 9.13. The van der Waals surface area contributed by atoms with E-state index in [2.05, 4.69) is 27.5 Å².